The Bertz CT molecular complexity index is 623. The Hall–Kier alpha value is -1.65. The summed E-state index contributed by atoms with van der Waals surface area (Å²) in [7, 11) is 0. The summed E-state index contributed by atoms with van der Waals surface area (Å²) in [5, 5.41) is 11.4. The van der Waals surface area contributed by atoms with Gasteiger partial charge in [-0.2, -0.15) is 0 Å². The molecule has 1 aromatic carbocycles. The van der Waals surface area contributed by atoms with Gasteiger partial charge in [0.1, 0.15) is 0 Å². The summed E-state index contributed by atoms with van der Waals surface area (Å²) >= 11 is 1.76. The molecule has 1 aromatic heterocycles. The molecule has 1 heterocycles. The summed E-state index contributed by atoms with van der Waals surface area (Å²) in [4.78, 5) is 16.1. The highest BCUT2D eigenvalue weighted by atomic mass is 32.1. The van der Waals surface area contributed by atoms with Crippen LogP contribution >= 0.6 is 11.3 Å². The van der Waals surface area contributed by atoms with Gasteiger partial charge in [0.25, 0.3) is 0 Å². The van der Waals surface area contributed by atoms with E-state index in [-0.39, 0.29) is 18.4 Å². The van der Waals surface area contributed by atoms with Crippen molar-refractivity contribution < 1.29 is 9.90 Å². The number of benzene rings is 1. The molecule has 22 heavy (non-hydrogen) atoms. The van der Waals surface area contributed by atoms with Crippen molar-refractivity contribution in [1.82, 2.24) is 4.90 Å². The van der Waals surface area contributed by atoms with E-state index in [4.69, 9.17) is 0 Å². The smallest absolute Gasteiger partial charge is 0.230 e. The molecule has 2 aromatic rings. The quantitative estimate of drug-likeness (QED) is 0.920. The van der Waals surface area contributed by atoms with E-state index in [9.17, 15) is 9.90 Å². The van der Waals surface area contributed by atoms with E-state index in [0.29, 0.717) is 13.1 Å². The summed E-state index contributed by atoms with van der Waals surface area (Å²) in [5.41, 5.74) is 2.31. The molecule has 1 N–H and O–H groups in total. The number of aliphatic hydroxyl groups excluding tert-OH is 1. The third-order valence-electron chi connectivity index (χ3n) is 4.25. The minimum absolute atomic E-state index is 0.00177. The van der Waals surface area contributed by atoms with Crippen molar-refractivity contribution in [2.24, 2.45) is 0 Å². The molecule has 1 aliphatic carbocycles. The fourth-order valence-corrected chi connectivity index (χ4v) is 4.14. The maximum atomic E-state index is 13.0. The molecule has 0 spiro atoms. The molecule has 1 amide bonds. The van der Waals surface area contributed by atoms with Crippen molar-refractivity contribution in [3.63, 3.8) is 0 Å². The second-order valence-corrected chi connectivity index (χ2v) is 6.71. The SMILES string of the molecule is O=C(C1CCCc2sccc21)N(CCO)Cc1ccccc1. The molecule has 1 aliphatic rings. The Morgan fingerprint density at radius 3 is 2.86 bits per heavy atom. The lowest BCUT2D eigenvalue weighted by molar-refractivity contribution is -0.134. The maximum absolute atomic E-state index is 13.0. The zero-order chi connectivity index (χ0) is 15.4. The summed E-state index contributed by atoms with van der Waals surface area (Å²) in [6.45, 7) is 0.960. The first-order chi connectivity index (χ1) is 10.8. The Kier molecular flexibility index (Phi) is 4.90. The minimum Gasteiger partial charge on any atom is -0.395 e. The molecule has 0 aliphatic heterocycles. The number of hydrogen-bond acceptors (Lipinski definition) is 3. The zero-order valence-corrected chi connectivity index (χ0v) is 13.4. The number of nitrogens with zero attached hydrogens (tertiary/aromatic N) is 1. The number of carbonyl (C=O) groups excluding carboxylic acids is 1. The van der Waals surface area contributed by atoms with Crippen molar-refractivity contribution in [3.8, 4) is 0 Å². The highest BCUT2D eigenvalue weighted by Gasteiger charge is 2.30. The van der Waals surface area contributed by atoms with Crippen LogP contribution in [-0.2, 0) is 17.8 Å². The maximum Gasteiger partial charge on any atom is 0.230 e. The van der Waals surface area contributed by atoms with Crippen LogP contribution in [0.25, 0.3) is 0 Å². The number of thiophene rings is 1. The molecular weight excluding hydrogens is 294 g/mol. The average molecular weight is 315 g/mol. The van der Waals surface area contributed by atoms with Crippen LogP contribution in [0, 0.1) is 0 Å². The normalized spacial score (nSPS) is 17.0. The van der Waals surface area contributed by atoms with Gasteiger partial charge in [-0.05, 0) is 41.8 Å². The summed E-state index contributed by atoms with van der Waals surface area (Å²) in [5.74, 6) is 0.113. The van der Waals surface area contributed by atoms with Crippen LogP contribution in [0.2, 0.25) is 0 Å². The number of aliphatic hydroxyl groups is 1. The second-order valence-electron chi connectivity index (χ2n) is 5.71. The van der Waals surface area contributed by atoms with E-state index in [0.717, 1.165) is 24.8 Å². The van der Waals surface area contributed by atoms with Gasteiger partial charge in [0.15, 0.2) is 0 Å². The van der Waals surface area contributed by atoms with E-state index in [1.54, 1.807) is 16.2 Å². The molecule has 3 nitrogen and oxygen atoms in total. The van der Waals surface area contributed by atoms with Crippen LogP contribution < -0.4 is 0 Å². The number of carbonyl (C=O) groups is 1. The number of fused-ring (bicyclic) bond motifs is 1. The second kappa shape index (κ2) is 7.07. The number of rotatable bonds is 5. The standard InChI is InChI=1S/C18H21NO2S/c20-11-10-19(13-14-5-2-1-3-6-14)18(21)16-7-4-8-17-15(16)9-12-22-17/h1-3,5-6,9,12,16,20H,4,7-8,10-11,13H2. The van der Waals surface area contributed by atoms with Crippen LogP contribution in [0.5, 0.6) is 0 Å². The first kappa shape index (κ1) is 15.3. The van der Waals surface area contributed by atoms with Gasteiger partial charge < -0.3 is 10.0 Å². The molecule has 4 heteroatoms. The minimum atomic E-state index is -0.0368. The molecular formula is C18H21NO2S. The van der Waals surface area contributed by atoms with Gasteiger partial charge in [0.2, 0.25) is 5.91 Å². The van der Waals surface area contributed by atoms with E-state index >= 15 is 0 Å². The number of amides is 1. The average Bonchev–Trinajstić information content (AvgIpc) is 3.03. The molecule has 1 unspecified atom stereocenters. The van der Waals surface area contributed by atoms with Gasteiger partial charge in [-0.3, -0.25) is 4.79 Å². The van der Waals surface area contributed by atoms with Crippen LogP contribution in [0.4, 0.5) is 0 Å². The van der Waals surface area contributed by atoms with Crippen molar-refractivity contribution in [2.75, 3.05) is 13.2 Å². The summed E-state index contributed by atoms with van der Waals surface area (Å²) < 4.78 is 0. The highest BCUT2D eigenvalue weighted by molar-refractivity contribution is 7.10. The number of aryl methyl sites for hydroxylation is 1. The predicted molar refractivity (Wildman–Crippen MR) is 88.9 cm³/mol. The van der Waals surface area contributed by atoms with E-state index in [2.05, 4.69) is 11.4 Å². The van der Waals surface area contributed by atoms with E-state index in [1.807, 2.05) is 30.3 Å². The largest absolute Gasteiger partial charge is 0.395 e. The molecule has 1 atom stereocenters. The van der Waals surface area contributed by atoms with E-state index in [1.165, 1.54) is 10.4 Å². The zero-order valence-electron chi connectivity index (χ0n) is 12.6. The molecule has 0 fully saturated rings. The lowest BCUT2D eigenvalue weighted by atomic mass is 9.86. The Morgan fingerprint density at radius 2 is 2.09 bits per heavy atom. The van der Waals surface area contributed by atoms with Gasteiger partial charge in [-0.1, -0.05) is 30.3 Å². The molecule has 0 bridgehead atoms. The summed E-state index contributed by atoms with van der Waals surface area (Å²) in [6.07, 6.45) is 3.08. The van der Waals surface area contributed by atoms with Gasteiger partial charge in [0, 0.05) is 18.0 Å². The van der Waals surface area contributed by atoms with Crippen molar-refractivity contribution >= 4 is 17.2 Å². The van der Waals surface area contributed by atoms with Crippen molar-refractivity contribution in [2.45, 2.75) is 31.7 Å². The monoisotopic (exact) mass is 315 g/mol. The van der Waals surface area contributed by atoms with Crippen LogP contribution in [0.1, 0.15) is 34.8 Å². The Balaban J connectivity index is 1.79. The van der Waals surface area contributed by atoms with Crippen molar-refractivity contribution in [1.29, 1.82) is 0 Å². The molecule has 3 rings (SSSR count). The fourth-order valence-electron chi connectivity index (χ4n) is 3.16. The van der Waals surface area contributed by atoms with Crippen LogP contribution in [-0.4, -0.2) is 29.1 Å². The Morgan fingerprint density at radius 1 is 1.27 bits per heavy atom. The molecule has 0 saturated heterocycles. The van der Waals surface area contributed by atoms with Gasteiger partial charge in [-0.25, -0.2) is 0 Å². The lowest BCUT2D eigenvalue weighted by Crippen LogP contribution is -2.37. The van der Waals surface area contributed by atoms with Gasteiger partial charge in [0.05, 0.1) is 12.5 Å². The fraction of sp³-hybridized carbons (Fsp3) is 0.389. The van der Waals surface area contributed by atoms with Crippen LogP contribution in [0.3, 0.4) is 0 Å². The summed E-state index contributed by atoms with van der Waals surface area (Å²) in [6, 6.07) is 12.1. The first-order valence-corrected chi connectivity index (χ1v) is 8.67. The van der Waals surface area contributed by atoms with Gasteiger partial charge >= 0.3 is 0 Å². The van der Waals surface area contributed by atoms with Crippen LogP contribution in [0.15, 0.2) is 41.8 Å². The lowest BCUT2D eigenvalue weighted by Gasteiger charge is -2.29. The van der Waals surface area contributed by atoms with Gasteiger partial charge in [-0.15, -0.1) is 11.3 Å². The third kappa shape index (κ3) is 3.23. The highest BCUT2D eigenvalue weighted by Crippen LogP contribution is 2.36. The first-order valence-electron chi connectivity index (χ1n) is 7.79. The third-order valence-corrected chi connectivity index (χ3v) is 5.24. The molecule has 0 radical (unpaired) electrons. The molecule has 116 valence electrons. The molecule has 0 saturated carbocycles. The van der Waals surface area contributed by atoms with E-state index < -0.39 is 0 Å². The Labute approximate surface area is 135 Å². The topological polar surface area (TPSA) is 40.5 Å². The number of hydrogen-bond donors (Lipinski definition) is 1. The van der Waals surface area contributed by atoms with Crippen molar-refractivity contribution in [3.05, 3.63) is 57.8 Å². The predicted octanol–water partition coefficient (Wildman–Crippen LogP) is 3.19.